The van der Waals surface area contributed by atoms with Crippen LogP contribution in [-0.4, -0.2) is 77.0 Å². The molecule has 1 heterocycles. The summed E-state index contributed by atoms with van der Waals surface area (Å²) in [5.41, 5.74) is 0. The van der Waals surface area contributed by atoms with Crippen LogP contribution in [0.5, 0.6) is 0 Å². The first-order valence-electron chi connectivity index (χ1n) is 2.32. The second kappa shape index (κ2) is 6.16. The fourth-order valence-electron chi connectivity index (χ4n) is 0.519. The second-order valence-electron chi connectivity index (χ2n) is 1.60. The molecule has 0 bridgehead atoms. The Bertz CT molecular complexity index is 148. The molecule has 1 saturated heterocycles. The van der Waals surface area contributed by atoms with E-state index in [2.05, 4.69) is 0 Å². The first-order chi connectivity index (χ1) is 4.18. The van der Waals surface area contributed by atoms with Gasteiger partial charge in [0.25, 0.3) is 0 Å². The minimum atomic E-state index is -0.740. The SMILES string of the molecule is O=C1CC(=O)NC(=O)N1.[NaH].[NaH]. The third-order valence-electron chi connectivity index (χ3n) is 0.827. The molecule has 0 radical (unpaired) electrons. The fraction of sp³-hybridized carbons (Fsp3) is 0.250. The molecule has 7 heteroatoms. The molecule has 1 rings (SSSR count). The normalized spacial score (nSPS) is 15.5. The monoisotopic (exact) mass is 176 g/mol. The Labute approximate surface area is 107 Å². The first-order valence-corrected chi connectivity index (χ1v) is 2.32. The Morgan fingerprint density at radius 3 is 1.55 bits per heavy atom. The summed E-state index contributed by atoms with van der Waals surface area (Å²) in [6.07, 6.45) is -0.258. The van der Waals surface area contributed by atoms with E-state index in [4.69, 9.17) is 0 Å². The molecule has 11 heavy (non-hydrogen) atoms. The zero-order valence-corrected chi connectivity index (χ0v) is 4.43. The minimum absolute atomic E-state index is 0. The summed E-state index contributed by atoms with van der Waals surface area (Å²) in [6, 6.07) is -0.740. The van der Waals surface area contributed by atoms with Gasteiger partial charge in [-0.05, 0) is 0 Å². The topological polar surface area (TPSA) is 75.3 Å². The number of imide groups is 2. The van der Waals surface area contributed by atoms with Gasteiger partial charge in [0.2, 0.25) is 11.8 Å². The maximum atomic E-state index is 10.3. The molecule has 0 saturated carbocycles. The molecular formula is C4H6N2Na2O3. The summed E-state index contributed by atoms with van der Waals surface area (Å²) in [5.74, 6) is -1.10. The number of carbonyl (C=O) groups is 3. The van der Waals surface area contributed by atoms with E-state index >= 15 is 0 Å². The van der Waals surface area contributed by atoms with Crippen LogP contribution in [0.25, 0.3) is 0 Å². The van der Waals surface area contributed by atoms with Crippen molar-refractivity contribution in [1.29, 1.82) is 0 Å². The standard InChI is InChI=1S/C4H4N2O3.2Na.2H/c7-2-1-3(8)6-4(9)5-2;;;;/h1H2,(H2,5,6,7,8,9);;;;. The van der Waals surface area contributed by atoms with E-state index in [1.165, 1.54) is 0 Å². The third kappa shape index (κ3) is 4.95. The van der Waals surface area contributed by atoms with Crippen molar-refractivity contribution < 1.29 is 14.4 Å². The molecule has 1 fully saturated rings. The Morgan fingerprint density at radius 1 is 0.909 bits per heavy atom. The molecule has 0 atom stereocenters. The van der Waals surface area contributed by atoms with Crippen molar-refractivity contribution in [2.75, 3.05) is 0 Å². The summed E-state index contributed by atoms with van der Waals surface area (Å²) >= 11 is 0. The number of urea groups is 1. The van der Waals surface area contributed by atoms with Crippen LogP contribution in [0, 0.1) is 0 Å². The van der Waals surface area contributed by atoms with Crippen molar-refractivity contribution in [1.82, 2.24) is 10.6 Å². The molecule has 52 valence electrons. The van der Waals surface area contributed by atoms with Gasteiger partial charge in [0.15, 0.2) is 0 Å². The van der Waals surface area contributed by atoms with Gasteiger partial charge >= 0.3 is 65.1 Å². The van der Waals surface area contributed by atoms with Gasteiger partial charge in [-0.2, -0.15) is 0 Å². The van der Waals surface area contributed by atoms with Crippen molar-refractivity contribution in [3.63, 3.8) is 0 Å². The van der Waals surface area contributed by atoms with Gasteiger partial charge in [-0.15, -0.1) is 0 Å². The Hall–Kier alpha value is 0.610. The molecule has 1 aliphatic rings. The number of amides is 4. The van der Waals surface area contributed by atoms with Crippen molar-refractivity contribution in [2.45, 2.75) is 6.42 Å². The van der Waals surface area contributed by atoms with Crippen molar-refractivity contribution in [3.8, 4) is 0 Å². The number of barbiturate groups is 1. The zero-order chi connectivity index (χ0) is 6.85. The maximum absolute atomic E-state index is 10.3. The van der Waals surface area contributed by atoms with Gasteiger partial charge in [0.05, 0.1) is 0 Å². The molecule has 0 aliphatic carbocycles. The van der Waals surface area contributed by atoms with Gasteiger partial charge < -0.3 is 0 Å². The van der Waals surface area contributed by atoms with Crippen molar-refractivity contribution >= 4 is 77.0 Å². The van der Waals surface area contributed by atoms with E-state index in [9.17, 15) is 14.4 Å². The number of hydrogen-bond donors (Lipinski definition) is 2. The van der Waals surface area contributed by atoms with Crippen LogP contribution >= 0.6 is 0 Å². The molecule has 0 aromatic carbocycles. The van der Waals surface area contributed by atoms with Crippen LogP contribution < -0.4 is 10.6 Å². The van der Waals surface area contributed by atoms with Crippen molar-refractivity contribution in [2.24, 2.45) is 0 Å². The van der Waals surface area contributed by atoms with Crippen LogP contribution in [0.1, 0.15) is 6.42 Å². The molecule has 1 aliphatic heterocycles. The summed E-state index contributed by atoms with van der Waals surface area (Å²) in [5, 5.41) is 3.80. The molecule has 5 nitrogen and oxygen atoms in total. The van der Waals surface area contributed by atoms with Gasteiger partial charge in [0, 0.05) is 0 Å². The van der Waals surface area contributed by atoms with Gasteiger partial charge in [-0.3, -0.25) is 20.2 Å². The van der Waals surface area contributed by atoms with E-state index in [0.717, 1.165) is 0 Å². The fourth-order valence-corrected chi connectivity index (χ4v) is 0.519. The first kappa shape index (κ1) is 14.2. The van der Waals surface area contributed by atoms with Crippen molar-refractivity contribution in [3.05, 3.63) is 0 Å². The van der Waals surface area contributed by atoms with Gasteiger partial charge in [-0.1, -0.05) is 0 Å². The second-order valence-corrected chi connectivity index (χ2v) is 1.60. The van der Waals surface area contributed by atoms with E-state index < -0.39 is 17.8 Å². The number of rotatable bonds is 0. The molecule has 0 aromatic rings. The number of nitrogens with one attached hydrogen (secondary N) is 2. The Balaban J connectivity index is 0. The number of carbonyl (C=O) groups excluding carboxylic acids is 3. The van der Waals surface area contributed by atoms with E-state index in [-0.39, 0.29) is 65.5 Å². The van der Waals surface area contributed by atoms with Gasteiger partial charge in [0.1, 0.15) is 6.42 Å². The summed E-state index contributed by atoms with van der Waals surface area (Å²) in [4.78, 5) is 30.8. The number of hydrogen-bond acceptors (Lipinski definition) is 3. The average Bonchev–Trinajstić information content (AvgIpc) is 1.59. The van der Waals surface area contributed by atoms with Crippen LogP contribution in [0.15, 0.2) is 0 Å². The van der Waals surface area contributed by atoms with Crippen LogP contribution in [0.2, 0.25) is 0 Å². The molecule has 0 spiro atoms. The summed E-state index contributed by atoms with van der Waals surface area (Å²) < 4.78 is 0. The molecular weight excluding hydrogens is 170 g/mol. The molecule has 2 N–H and O–H groups in total. The zero-order valence-electron chi connectivity index (χ0n) is 4.43. The Kier molecular flexibility index (Phi) is 7.93. The van der Waals surface area contributed by atoms with Crippen LogP contribution in [0.4, 0.5) is 4.79 Å². The quantitative estimate of drug-likeness (QED) is 0.315. The van der Waals surface area contributed by atoms with Crippen LogP contribution in [-0.2, 0) is 9.59 Å². The van der Waals surface area contributed by atoms with E-state index in [1.807, 2.05) is 10.6 Å². The molecule has 4 amide bonds. The molecule has 0 unspecified atom stereocenters. The predicted molar refractivity (Wildman–Crippen MR) is 40.6 cm³/mol. The third-order valence-corrected chi connectivity index (χ3v) is 0.827. The van der Waals surface area contributed by atoms with E-state index in [0.29, 0.717) is 0 Å². The van der Waals surface area contributed by atoms with E-state index in [1.54, 1.807) is 0 Å². The predicted octanol–water partition coefficient (Wildman–Crippen LogP) is -2.55. The summed E-state index contributed by atoms with van der Waals surface area (Å²) in [6.45, 7) is 0. The van der Waals surface area contributed by atoms with Crippen LogP contribution in [0.3, 0.4) is 0 Å². The Morgan fingerprint density at radius 2 is 1.27 bits per heavy atom. The molecule has 0 aromatic heterocycles. The summed E-state index contributed by atoms with van der Waals surface area (Å²) in [7, 11) is 0. The van der Waals surface area contributed by atoms with Gasteiger partial charge in [-0.25, -0.2) is 4.79 Å². The average molecular weight is 176 g/mol.